The molecule has 14 heterocycles. The lowest BCUT2D eigenvalue weighted by Gasteiger charge is -2.32. The van der Waals surface area contributed by atoms with Crippen molar-refractivity contribution in [1.29, 1.82) is 0 Å². The Hall–Kier alpha value is -8.30. The first-order valence-corrected chi connectivity index (χ1v) is 36.3. The summed E-state index contributed by atoms with van der Waals surface area (Å²) in [5.74, 6) is 3.24. The number of nitrogens with zero attached hydrogens (tertiary/aromatic N) is 13. The number of amides is 3. The number of aromatic nitrogens is 10. The van der Waals surface area contributed by atoms with Gasteiger partial charge in [0.2, 0.25) is 0 Å². The predicted molar refractivity (Wildman–Crippen MR) is 412 cm³/mol. The van der Waals surface area contributed by atoms with E-state index in [0.717, 1.165) is 85.5 Å². The van der Waals surface area contributed by atoms with Crippen LogP contribution in [0.3, 0.4) is 0 Å². The monoisotopic (exact) mass is 1580 g/mol. The molecular formula is C72H90B3Br2ClN16O11. The number of aromatic carboxylic acids is 1. The SMILES string of the molecule is C1CNC1.CC1(C)OB(B2OC(C)(C)C(C)(C)O2)OC1(C)C.Cc1ncc(B(O)O)cc1C(=O)N1CCC1.Cc1ncc(Br)cc1C(=O)N1CCC1.Cc1ncc(Br)cc1C(=O)O.Cc1nccc(Nc2cc(-c3cnc(C)c(C(=O)N4CCC4)c3)ccn2)n1.Cc1nccc(Nc2cc(Cl)ccn2)n1. The van der Waals surface area contributed by atoms with Crippen molar-refractivity contribution >= 4 is 117 Å². The van der Waals surface area contributed by atoms with E-state index in [9.17, 15) is 19.2 Å². The number of halogens is 3. The Balaban J connectivity index is 0.000000161. The zero-order valence-electron chi connectivity index (χ0n) is 61.7. The smallest absolute Gasteiger partial charge is 0.478 e. The highest BCUT2D eigenvalue weighted by Crippen LogP contribution is 2.43. The minimum atomic E-state index is -1.59. The molecule has 6 aliphatic rings. The Morgan fingerprint density at radius 1 is 0.476 bits per heavy atom. The number of aryl methyl sites for hydroxylation is 6. The molecular weight excluding hydrogens is 1490 g/mol. The van der Waals surface area contributed by atoms with Crippen LogP contribution in [0.4, 0.5) is 23.3 Å². The predicted octanol–water partition coefficient (Wildman–Crippen LogP) is 10.7. The van der Waals surface area contributed by atoms with Crippen molar-refractivity contribution in [3.63, 3.8) is 0 Å². The van der Waals surface area contributed by atoms with Gasteiger partial charge in [-0.2, -0.15) is 0 Å². The fourth-order valence-corrected chi connectivity index (χ4v) is 10.8. The van der Waals surface area contributed by atoms with Gasteiger partial charge in [0, 0.05) is 120 Å². The molecule has 0 radical (unpaired) electrons. The van der Waals surface area contributed by atoms with E-state index in [2.05, 4.69) is 97.7 Å². The molecule has 8 aromatic rings. The first-order chi connectivity index (χ1) is 49.6. The topological polar surface area (TPSA) is 341 Å². The standard InChI is InChI=1S/C20H20N6O.C12H24B2O4.C10H13BN2O3.C10H11BrN2O.C10H9ClN4.C7H6BrNO2.C3H7N/c1-13-17(20(27)26-8-3-9-26)10-16(12-23-13)15-4-6-22-19(11-15)25-18-5-7-21-14(2)24-18;1-9(2)10(3,4)16-13(15-9)14-17-11(5,6)12(7,8)18-14;1-7-9(10(14)13-3-2-4-13)5-8(6-12-7)11(15)16;1-7-9(5-8(11)6-12-7)10(14)13-3-2-4-13;1-7-12-5-3-9(14-7)15-10-6-8(11)2-4-13-10;1-4-6(7(10)11)2-5(8)3-9-4;1-2-4-3-1/h4-7,10-12H,3,8-9H2,1-2H3,(H,21,22,24,25);1-8H3;5-6,15-16H,2-4H2,1H3;5-6H,2-4H2,1H3;2-6H,1H3,(H,12,13,14,15);2-3H,1H3,(H,10,11);4H,1-3H2. The maximum atomic E-state index is 12.6. The van der Waals surface area contributed by atoms with Crippen LogP contribution < -0.4 is 21.4 Å². The Kier molecular flexibility index (Phi) is 28.9. The molecule has 6 fully saturated rings. The highest BCUT2D eigenvalue weighted by Gasteiger charge is 2.63. The molecule has 105 heavy (non-hydrogen) atoms. The summed E-state index contributed by atoms with van der Waals surface area (Å²) in [5.41, 5.74) is 5.36. The molecule has 0 atom stereocenters. The summed E-state index contributed by atoms with van der Waals surface area (Å²) in [4.78, 5) is 93.9. The second-order valence-corrected chi connectivity index (χ2v) is 29.6. The minimum absolute atomic E-state index is 0.0527. The summed E-state index contributed by atoms with van der Waals surface area (Å²) in [6.07, 6.45) is 17.8. The zero-order chi connectivity index (χ0) is 76.6. The maximum absolute atomic E-state index is 12.6. The summed E-state index contributed by atoms with van der Waals surface area (Å²) in [7, 11) is -2.54. The van der Waals surface area contributed by atoms with Crippen molar-refractivity contribution in [2.45, 2.75) is 145 Å². The summed E-state index contributed by atoms with van der Waals surface area (Å²) >= 11 is 12.3. The molecule has 554 valence electrons. The molecule has 3 amide bonds. The number of carbonyl (C=O) groups excluding carboxylic acids is 3. The first kappa shape index (κ1) is 82.4. The number of nitrogens with one attached hydrogen (secondary N) is 3. The highest BCUT2D eigenvalue weighted by atomic mass is 79.9. The van der Waals surface area contributed by atoms with E-state index >= 15 is 0 Å². The highest BCUT2D eigenvalue weighted by molar-refractivity contribution is 9.10. The van der Waals surface area contributed by atoms with E-state index in [1.54, 1.807) is 86.4 Å². The van der Waals surface area contributed by atoms with Gasteiger partial charge in [0.25, 0.3) is 17.7 Å². The second-order valence-electron chi connectivity index (χ2n) is 27.3. The largest absolute Gasteiger partial charge is 0.490 e. The molecule has 0 aromatic carbocycles. The zero-order valence-corrected chi connectivity index (χ0v) is 65.6. The molecule has 27 nitrogen and oxygen atoms in total. The van der Waals surface area contributed by atoms with Crippen LogP contribution in [-0.2, 0) is 18.6 Å². The minimum Gasteiger partial charge on any atom is -0.478 e. The van der Waals surface area contributed by atoms with Gasteiger partial charge in [-0.25, -0.2) is 34.7 Å². The van der Waals surface area contributed by atoms with E-state index in [4.69, 9.17) is 45.4 Å². The number of hydrogen-bond donors (Lipinski definition) is 6. The summed E-state index contributed by atoms with van der Waals surface area (Å²) < 4.78 is 25.4. The van der Waals surface area contributed by atoms with Gasteiger partial charge in [-0.15, -0.1) is 0 Å². The van der Waals surface area contributed by atoms with Crippen LogP contribution in [0.25, 0.3) is 11.1 Å². The van der Waals surface area contributed by atoms with Gasteiger partial charge in [-0.1, -0.05) is 11.6 Å². The van der Waals surface area contributed by atoms with Crippen molar-refractivity contribution in [2.24, 2.45) is 0 Å². The Labute approximate surface area is 636 Å². The van der Waals surface area contributed by atoms with Crippen molar-refractivity contribution in [3.05, 3.63) is 181 Å². The van der Waals surface area contributed by atoms with Crippen LogP contribution in [0.5, 0.6) is 0 Å². The fourth-order valence-electron chi connectivity index (χ4n) is 9.97. The maximum Gasteiger partial charge on any atom is 0.490 e. The number of pyridine rings is 6. The van der Waals surface area contributed by atoms with Gasteiger partial charge >= 0.3 is 27.1 Å². The quantitative estimate of drug-likeness (QED) is 0.0655. The van der Waals surface area contributed by atoms with Crippen molar-refractivity contribution in [1.82, 2.24) is 69.9 Å². The van der Waals surface area contributed by atoms with Gasteiger partial charge in [0.15, 0.2) is 0 Å². The van der Waals surface area contributed by atoms with E-state index in [1.165, 1.54) is 37.8 Å². The normalized spacial score (nSPS) is 16.5. The van der Waals surface area contributed by atoms with Gasteiger partial charge < -0.3 is 64.4 Å². The molecule has 0 aliphatic carbocycles. The third kappa shape index (κ3) is 22.9. The van der Waals surface area contributed by atoms with Crippen molar-refractivity contribution in [2.75, 3.05) is 63.0 Å². The Morgan fingerprint density at radius 3 is 1.21 bits per heavy atom. The molecule has 6 N–H and O–H groups in total. The van der Waals surface area contributed by atoms with Crippen LogP contribution in [0, 0.1) is 41.5 Å². The van der Waals surface area contributed by atoms with E-state index in [-0.39, 0.29) is 51.2 Å². The van der Waals surface area contributed by atoms with E-state index in [1.807, 2.05) is 117 Å². The number of carboxylic acids is 1. The first-order valence-electron chi connectivity index (χ1n) is 34.4. The van der Waals surface area contributed by atoms with Gasteiger partial charge in [-0.05, 0) is 234 Å². The van der Waals surface area contributed by atoms with E-state index < -0.39 is 27.1 Å². The van der Waals surface area contributed by atoms with Crippen LogP contribution in [0.15, 0.2) is 119 Å². The van der Waals surface area contributed by atoms with Gasteiger partial charge in [0.1, 0.15) is 34.9 Å². The van der Waals surface area contributed by atoms with Crippen LogP contribution in [0.2, 0.25) is 5.02 Å². The molecule has 6 aliphatic heterocycles. The Bertz CT molecular complexity index is 4230. The number of rotatable bonds is 11. The van der Waals surface area contributed by atoms with Crippen LogP contribution >= 0.6 is 43.5 Å². The lowest BCUT2D eigenvalue weighted by molar-refractivity contribution is 0.00578. The molecule has 0 saturated carbocycles. The average Bonchev–Trinajstić information content (AvgIpc) is 1.60. The number of anilines is 4. The van der Waals surface area contributed by atoms with Gasteiger partial charge in [-0.3, -0.25) is 34.3 Å². The molecule has 33 heteroatoms. The van der Waals surface area contributed by atoms with Crippen molar-refractivity contribution in [3.8, 4) is 11.1 Å². The number of likely N-dealkylation sites (tertiary alicyclic amines) is 3. The molecule has 0 bridgehead atoms. The molecule has 0 unspecified atom stereocenters. The second kappa shape index (κ2) is 36.8. The lowest BCUT2D eigenvalue weighted by Crippen LogP contribution is -2.43. The third-order valence-electron chi connectivity index (χ3n) is 18.3. The lowest BCUT2D eigenvalue weighted by atomic mass is 9.49. The summed E-state index contributed by atoms with van der Waals surface area (Å²) in [6, 6.07) is 17.6. The number of hydrogen-bond acceptors (Lipinski definition) is 23. The van der Waals surface area contributed by atoms with Crippen LogP contribution in [-0.4, -0.2) is 199 Å². The van der Waals surface area contributed by atoms with Crippen LogP contribution in [0.1, 0.15) is 157 Å². The number of carboxylic acid groups (broad SMARTS) is 1. The van der Waals surface area contributed by atoms with Gasteiger partial charge in [0.05, 0.1) is 61.7 Å². The fraction of sp³-hybridized carbons (Fsp3) is 0.417. The summed E-state index contributed by atoms with van der Waals surface area (Å²) in [5, 5.41) is 36.6. The average molecular weight is 1580 g/mol. The number of carbonyl (C=O) groups is 4. The molecule has 0 spiro atoms. The molecule has 8 aromatic heterocycles. The third-order valence-corrected chi connectivity index (χ3v) is 19.4. The Morgan fingerprint density at radius 2 is 0.838 bits per heavy atom. The molecule has 14 rings (SSSR count). The van der Waals surface area contributed by atoms with Crippen molar-refractivity contribution < 1.29 is 53.0 Å². The van der Waals surface area contributed by atoms with E-state index in [0.29, 0.717) is 72.5 Å². The molecule has 6 saturated heterocycles. The summed E-state index contributed by atoms with van der Waals surface area (Å²) in [6.45, 7) is 34.4.